The van der Waals surface area contributed by atoms with E-state index in [0.717, 1.165) is 0 Å². The van der Waals surface area contributed by atoms with Crippen LogP contribution in [0.1, 0.15) is 22.7 Å². The zero-order valence-electron chi connectivity index (χ0n) is 11.7. The van der Waals surface area contributed by atoms with E-state index < -0.39 is 17.3 Å². The van der Waals surface area contributed by atoms with Gasteiger partial charge in [-0.3, -0.25) is 0 Å². The molecule has 2 aromatic carbocycles. The van der Waals surface area contributed by atoms with E-state index in [1.54, 1.807) is 6.07 Å². The Hall–Kier alpha value is -2.47. The molecule has 22 heavy (non-hydrogen) atoms. The molecule has 1 heterocycles. The highest BCUT2D eigenvalue weighted by molar-refractivity contribution is 5.50. The van der Waals surface area contributed by atoms with Crippen LogP contribution in [-0.4, -0.2) is 27.0 Å². The minimum absolute atomic E-state index is 0.213. The van der Waals surface area contributed by atoms with Gasteiger partial charge in [-0.15, -0.1) is 0 Å². The number of fused-ring (bicyclic) bond motifs is 1. The molecule has 1 atom stereocenters. The van der Waals surface area contributed by atoms with Crippen LogP contribution in [0, 0.1) is 5.82 Å². The highest BCUT2D eigenvalue weighted by Crippen LogP contribution is 2.38. The van der Waals surface area contributed by atoms with Crippen molar-refractivity contribution in [3.05, 3.63) is 46.8 Å². The molecule has 0 aromatic heterocycles. The van der Waals surface area contributed by atoms with Gasteiger partial charge in [0.25, 0.3) is 0 Å². The summed E-state index contributed by atoms with van der Waals surface area (Å²) >= 11 is 0. The number of aromatic hydroxyl groups is 4. The molecule has 116 valence electrons. The van der Waals surface area contributed by atoms with Crippen molar-refractivity contribution < 1.29 is 24.8 Å². The monoisotopic (exact) mass is 305 g/mol. The Kier molecular flexibility index (Phi) is 3.54. The maximum absolute atomic E-state index is 14.3. The fourth-order valence-electron chi connectivity index (χ4n) is 2.86. The normalized spacial score (nSPS) is 17.2. The first-order valence-corrected chi connectivity index (χ1v) is 6.95. The van der Waals surface area contributed by atoms with Gasteiger partial charge >= 0.3 is 0 Å². The quantitative estimate of drug-likeness (QED) is 0.548. The summed E-state index contributed by atoms with van der Waals surface area (Å²) in [6.07, 6.45) is 0.930. The SMILES string of the molecule is Oc1ccc(CC2NCCc3cc(O)c(O)c(F)c32)cc1O. The van der Waals surface area contributed by atoms with Gasteiger partial charge in [0.05, 0.1) is 0 Å². The lowest BCUT2D eigenvalue weighted by atomic mass is 9.89. The molecule has 0 spiro atoms. The second kappa shape index (κ2) is 5.38. The topological polar surface area (TPSA) is 93.0 Å². The number of nitrogens with one attached hydrogen (secondary N) is 1. The standard InChI is InChI=1S/C16H16FNO4/c17-15-14-9(7-13(21)16(15)22)3-4-18-10(14)5-8-1-2-11(19)12(20)6-8/h1-2,6-7,10,18-22H,3-5H2. The molecule has 3 rings (SSSR count). The van der Waals surface area contributed by atoms with Gasteiger partial charge in [-0.25, -0.2) is 4.39 Å². The lowest BCUT2D eigenvalue weighted by Gasteiger charge is -2.28. The summed E-state index contributed by atoms with van der Waals surface area (Å²) in [5, 5.41) is 41.2. The van der Waals surface area contributed by atoms with Gasteiger partial charge in [-0.2, -0.15) is 0 Å². The Balaban J connectivity index is 1.97. The van der Waals surface area contributed by atoms with Crippen LogP contribution < -0.4 is 5.32 Å². The maximum Gasteiger partial charge on any atom is 0.194 e. The van der Waals surface area contributed by atoms with Crippen molar-refractivity contribution in [2.24, 2.45) is 0 Å². The third-order valence-electron chi connectivity index (χ3n) is 3.96. The Labute approximate surface area is 126 Å². The molecule has 0 amide bonds. The molecule has 1 unspecified atom stereocenters. The summed E-state index contributed by atoms with van der Waals surface area (Å²) in [7, 11) is 0. The minimum Gasteiger partial charge on any atom is -0.504 e. The second-order valence-corrected chi connectivity index (χ2v) is 5.41. The third kappa shape index (κ3) is 2.42. The van der Waals surface area contributed by atoms with Crippen molar-refractivity contribution in [2.75, 3.05) is 6.54 Å². The molecule has 5 nitrogen and oxygen atoms in total. The summed E-state index contributed by atoms with van der Waals surface area (Å²) in [6, 6.07) is 5.43. The van der Waals surface area contributed by atoms with Gasteiger partial charge in [0, 0.05) is 11.6 Å². The zero-order valence-corrected chi connectivity index (χ0v) is 11.7. The van der Waals surface area contributed by atoms with E-state index in [1.165, 1.54) is 18.2 Å². The molecule has 0 radical (unpaired) electrons. The molecular formula is C16H16FNO4. The Morgan fingerprint density at radius 3 is 2.55 bits per heavy atom. The number of benzene rings is 2. The molecule has 6 heteroatoms. The van der Waals surface area contributed by atoms with Crippen LogP contribution in [0.5, 0.6) is 23.0 Å². The van der Waals surface area contributed by atoms with E-state index in [2.05, 4.69) is 5.32 Å². The predicted octanol–water partition coefficient (Wildman–Crippen LogP) is 2.08. The first-order valence-electron chi connectivity index (χ1n) is 6.95. The van der Waals surface area contributed by atoms with Gasteiger partial charge in [0.15, 0.2) is 28.8 Å². The van der Waals surface area contributed by atoms with Crippen LogP contribution in [0.3, 0.4) is 0 Å². The van der Waals surface area contributed by atoms with Gasteiger partial charge in [-0.1, -0.05) is 6.07 Å². The smallest absolute Gasteiger partial charge is 0.194 e. The highest BCUT2D eigenvalue weighted by atomic mass is 19.1. The lowest BCUT2D eigenvalue weighted by molar-refractivity contribution is 0.366. The number of hydrogen-bond donors (Lipinski definition) is 5. The fourth-order valence-corrected chi connectivity index (χ4v) is 2.86. The van der Waals surface area contributed by atoms with Crippen LogP contribution in [0.4, 0.5) is 4.39 Å². The molecule has 0 saturated heterocycles. The van der Waals surface area contributed by atoms with E-state index in [-0.39, 0.29) is 17.5 Å². The molecule has 1 aliphatic heterocycles. The van der Waals surface area contributed by atoms with Crippen LogP contribution in [0.25, 0.3) is 0 Å². The summed E-state index contributed by atoms with van der Waals surface area (Å²) < 4.78 is 14.3. The number of hydrogen-bond acceptors (Lipinski definition) is 5. The summed E-state index contributed by atoms with van der Waals surface area (Å²) in [5.74, 6) is -2.48. The van der Waals surface area contributed by atoms with Crippen LogP contribution in [0.2, 0.25) is 0 Å². The Bertz CT molecular complexity index is 733. The zero-order chi connectivity index (χ0) is 15.9. The molecule has 0 aliphatic carbocycles. The second-order valence-electron chi connectivity index (χ2n) is 5.41. The number of phenols is 4. The molecule has 0 saturated carbocycles. The highest BCUT2D eigenvalue weighted by Gasteiger charge is 2.27. The van der Waals surface area contributed by atoms with E-state index in [9.17, 15) is 24.8 Å². The first-order chi connectivity index (χ1) is 10.5. The summed E-state index contributed by atoms with van der Waals surface area (Å²) in [6.45, 7) is 0.616. The predicted molar refractivity (Wildman–Crippen MR) is 77.7 cm³/mol. The van der Waals surface area contributed by atoms with Crippen molar-refractivity contribution in [3.63, 3.8) is 0 Å². The fraction of sp³-hybridized carbons (Fsp3) is 0.250. The summed E-state index contributed by atoms with van der Waals surface area (Å²) in [5.41, 5.74) is 1.70. The molecule has 0 bridgehead atoms. The van der Waals surface area contributed by atoms with Crippen LogP contribution in [-0.2, 0) is 12.8 Å². The maximum atomic E-state index is 14.3. The Morgan fingerprint density at radius 1 is 1.05 bits per heavy atom. The average Bonchev–Trinajstić information content (AvgIpc) is 2.49. The molecule has 1 aliphatic rings. The van der Waals surface area contributed by atoms with Crippen LogP contribution >= 0.6 is 0 Å². The van der Waals surface area contributed by atoms with Crippen molar-refractivity contribution >= 4 is 0 Å². The van der Waals surface area contributed by atoms with E-state index in [4.69, 9.17) is 0 Å². The van der Waals surface area contributed by atoms with Crippen LogP contribution in [0.15, 0.2) is 24.3 Å². The summed E-state index contributed by atoms with van der Waals surface area (Å²) in [4.78, 5) is 0. The lowest BCUT2D eigenvalue weighted by Crippen LogP contribution is -2.32. The third-order valence-corrected chi connectivity index (χ3v) is 3.96. The molecule has 5 N–H and O–H groups in total. The molecule has 2 aromatic rings. The van der Waals surface area contributed by atoms with Crippen molar-refractivity contribution in [2.45, 2.75) is 18.9 Å². The van der Waals surface area contributed by atoms with Gasteiger partial charge < -0.3 is 25.7 Å². The van der Waals surface area contributed by atoms with E-state index in [0.29, 0.717) is 36.1 Å². The van der Waals surface area contributed by atoms with E-state index >= 15 is 0 Å². The van der Waals surface area contributed by atoms with Crippen molar-refractivity contribution in [3.8, 4) is 23.0 Å². The molecule has 0 fully saturated rings. The molecular weight excluding hydrogens is 289 g/mol. The number of rotatable bonds is 2. The number of phenolic OH excluding ortho intramolecular Hbond substituents is 4. The number of halogens is 1. The largest absolute Gasteiger partial charge is 0.504 e. The average molecular weight is 305 g/mol. The van der Waals surface area contributed by atoms with Crippen molar-refractivity contribution in [1.82, 2.24) is 5.32 Å². The van der Waals surface area contributed by atoms with Gasteiger partial charge in [0.2, 0.25) is 0 Å². The Morgan fingerprint density at radius 2 is 1.82 bits per heavy atom. The van der Waals surface area contributed by atoms with E-state index in [1.807, 2.05) is 0 Å². The van der Waals surface area contributed by atoms with Gasteiger partial charge in [0.1, 0.15) is 0 Å². The first kappa shape index (κ1) is 14.5. The minimum atomic E-state index is -0.824. The van der Waals surface area contributed by atoms with Gasteiger partial charge in [-0.05, 0) is 48.7 Å². The van der Waals surface area contributed by atoms with Crippen molar-refractivity contribution in [1.29, 1.82) is 0 Å².